The van der Waals surface area contributed by atoms with Gasteiger partial charge in [-0.3, -0.25) is 4.79 Å². The predicted octanol–water partition coefficient (Wildman–Crippen LogP) is 4.08. The van der Waals surface area contributed by atoms with E-state index in [1.807, 2.05) is 4.90 Å². The Hall–Kier alpha value is -1.42. The molecule has 0 aromatic heterocycles. The lowest BCUT2D eigenvalue weighted by Crippen LogP contribution is -2.42. The standard InChI is InChI=1S/C19H26FNO2/c1-23-19(15-6-3-2-4-7-15)18(21-13-5-8-17(21)22)14-9-11-16(20)12-10-14/h9-12,15,18-19H,2-8,13H2,1H3/t18-,19+/m1/s1. The summed E-state index contributed by atoms with van der Waals surface area (Å²) in [5.74, 6) is 0.418. The van der Waals surface area contributed by atoms with Gasteiger partial charge in [-0.25, -0.2) is 4.39 Å². The Morgan fingerprint density at radius 2 is 1.83 bits per heavy atom. The van der Waals surface area contributed by atoms with E-state index < -0.39 is 0 Å². The summed E-state index contributed by atoms with van der Waals surface area (Å²) in [5, 5.41) is 0. The third kappa shape index (κ3) is 3.57. The molecule has 4 heteroatoms. The molecule has 0 radical (unpaired) electrons. The molecule has 0 N–H and O–H groups in total. The lowest BCUT2D eigenvalue weighted by atomic mass is 9.80. The maximum Gasteiger partial charge on any atom is 0.223 e. The minimum atomic E-state index is -0.244. The first-order valence-electron chi connectivity index (χ1n) is 8.78. The van der Waals surface area contributed by atoms with Crippen LogP contribution in [-0.4, -0.2) is 30.6 Å². The Kier molecular flexibility index (Phi) is 5.31. The van der Waals surface area contributed by atoms with E-state index in [4.69, 9.17) is 4.74 Å². The molecule has 2 atom stereocenters. The molecular weight excluding hydrogens is 293 g/mol. The molecule has 1 heterocycles. The van der Waals surface area contributed by atoms with Gasteiger partial charge < -0.3 is 9.64 Å². The Morgan fingerprint density at radius 3 is 2.39 bits per heavy atom. The maximum atomic E-state index is 13.3. The molecule has 1 aromatic rings. The third-order valence-electron chi connectivity index (χ3n) is 5.36. The molecule has 1 saturated heterocycles. The summed E-state index contributed by atoms with van der Waals surface area (Å²) in [6, 6.07) is 6.48. The zero-order chi connectivity index (χ0) is 16.2. The monoisotopic (exact) mass is 319 g/mol. The van der Waals surface area contributed by atoms with Crippen molar-refractivity contribution in [2.24, 2.45) is 5.92 Å². The van der Waals surface area contributed by atoms with Crippen LogP contribution in [0.2, 0.25) is 0 Å². The molecule has 1 saturated carbocycles. The molecule has 1 amide bonds. The number of benzene rings is 1. The number of ether oxygens (including phenoxy) is 1. The molecular formula is C19H26FNO2. The normalized spacial score (nSPS) is 22.3. The summed E-state index contributed by atoms with van der Waals surface area (Å²) >= 11 is 0. The molecule has 1 aromatic carbocycles. The van der Waals surface area contributed by atoms with Crippen molar-refractivity contribution >= 4 is 5.91 Å². The van der Waals surface area contributed by atoms with Crippen molar-refractivity contribution < 1.29 is 13.9 Å². The Labute approximate surface area is 137 Å². The summed E-state index contributed by atoms with van der Waals surface area (Å²) < 4.78 is 19.2. The first-order valence-corrected chi connectivity index (χ1v) is 8.78. The molecule has 2 aliphatic rings. The van der Waals surface area contributed by atoms with Crippen molar-refractivity contribution in [2.45, 2.75) is 57.1 Å². The molecule has 2 fully saturated rings. The van der Waals surface area contributed by atoms with E-state index in [1.165, 1.54) is 31.4 Å². The number of hydrogen-bond donors (Lipinski definition) is 0. The Bertz CT molecular complexity index is 525. The summed E-state index contributed by atoms with van der Waals surface area (Å²) in [6.07, 6.45) is 7.55. The van der Waals surface area contributed by atoms with E-state index >= 15 is 0 Å². The Balaban J connectivity index is 1.92. The van der Waals surface area contributed by atoms with Crippen LogP contribution in [0.3, 0.4) is 0 Å². The van der Waals surface area contributed by atoms with Crippen LogP contribution in [0.5, 0.6) is 0 Å². The molecule has 3 nitrogen and oxygen atoms in total. The highest BCUT2D eigenvalue weighted by atomic mass is 19.1. The van der Waals surface area contributed by atoms with Crippen molar-refractivity contribution in [3.63, 3.8) is 0 Å². The summed E-state index contributed by atoms with van der Waals surface area (Å²) in [7, 11) is 1.75. The fourth-order valence-electron chi connectivity index (χ4n) is 4.21. The van der Waals surface area contributed by atoms with Crippen LogP contribution in [0.1, 0.15) is 56.6 Å². The highest BCUT2D eigenvalue weighted by molar-refractivity contribution is 5.78. The molecule has 0 unspecified atom stereocenters. The molecule has 0 spiro atoms. The van der Waals surface area contributed by atoms with Crippen LogP contribution in [0.15, 0.2) is 24.3 Å². The van der Waals surface area contributed by atoms with Crippen LogP contribution < -0.4 is 0 Å². The van der Waals surface area contributed by atoms with Gasteiger partial charge in [-0.1, -0.05) is 31.4 Å². The number of nitrogens with zero attached hydrogens (tertiary/aromatic N) is 1. The number of carbonyl (C=O) groups excluding carboxylic acids is 1. The van der Waals surface area contributed by atoms with E-state index in [0.717, 1.165) is 31.4 Å². The van der Waals surface area contributed by atoms with Crippen LogP contribution >= 0.6 is 0 Å². The number of carbonyl (C=O) groups is 1. The van der Waals surface area contributed by atoms with Gasteiger partial charge in [-0.15, -0.1) is 0 Å². The van der Waals surface area contributed by atoms with Crippen LogP contribution in [0.4, 0.5) is 4.39 Å². The number of hydrogen-bond acceptors (Lipinski definition) is 2. The van der Waals surface area contributed by atoms with E-state index in [0.29, 0.717) is 12.3 Å². The largest absolute Gasteiger partial charge is 0.379 e. The van der Waals surface area contributed by atoms with Crippen molar-refractivity contribution in [1.29, 1.82) is 0 Å². The van der Waals surface area contributed by atoms with Gasteiger partial charge in [0.1, 0.15) is 5.82 Å². The van der Waals surface area contributed by atoms with Gasteiger partial charge in [0.25, 0.3) is 0 Å². The molecule has 1 aliphatic carbocycles. The fourth-order valence-corrected chi connectivity index (χ4v) is 4.21. The van der Waals surface area contributed by atoms with Crippen molar-refractivity contribution in [2.75, 3.05) is 13.7 Å². The number of methoxy groups -OCH3 is 1. The second-order valence-electron chi connectivity index (χ2n) is 6.79. The predicted molar refractivity (Wildman–Crippen MR) is 87.5 cm³/mol. The van der Waals surface area contributed by atoms with Crippen LogP contribution in [0, 0.1) is 11.7 Å². The van der Waals surface area contributed by atoms with Gasteiger partial charge in [0.05, 0.1) is 12.1 Å². The number of amides is 1. The lowest BCUT2D eigenvalue weighted by Gasteiger charge is -2.39. The van der Waals surface area contributed by atoms with Crippen molar-refractivity contribution in [1.82, 2.24) is 4.90 Å². The summed E-state index contributed by atoms with van der Waals surface area (Å²) in [5.41, 5.74) is 0.985. The fraction of sp³-hybridized carbons (Fsp3) is 0.632. The van der Waals surface area contributed by atoms with Crippen molar-refractivity contribution in [3.8, 4) is 0 Å². The SMILES string of the molecule is CO[C@@H](C1CCCCC1)[C@@H](c1ccc(F)cc1)N1CCCC1=O. The van der Waals surface area contributed by atoms with E-state index in [-0.39, 0.29) is 23.9 Å². The van der Waals surface area contributed by atoms with E-state index in [9.17, 15) is 9.18 Å². The van der Waals surface area contributed by atoms with Crippen molar-refractivity contribution in [3.05, 3.63) is 35.6 Å². The van der Waals surface area contributed by atoms with Crippen LogP contribution in [0.25, 0.3) is 0 Å². The number of rotatable bonds is 5. The van der Waals surface area contributed by atoms with E-state index in [1.54, 1.807) is 19.2 Å². The first kappa shape index (κ1) is 16.4. The van der Waals surface area contributed by atoms with Gasteiger partial charge in [-0.2, -0.15) is 0 Å². The molecule has 1 aliphatic heterocycles. The van der Waals surface area contributed by atoms with Crippen LogP contribution in [-0.2, 0) is 9.53 Å². The summed E-state index contributed by atoms with van der Waals surface area (Å²) in [6.45, 7) is 0.771. The van der Waals surface area contributed by atoms with Gasteiger partial charge in [0.15, 0.2) is 0 Å². The van der Waals surface area contributed by atoms with E-state index in [2.05, 4.69) is 0 Å². The first-order chi connectivity index (χ1) is 11.2. The minimum Gasteiger partial charge on any atom is -0.379 e. The van der Waals surface area contributed by atoms with Gasteiger partial charge in [-0.05, 0) is 42.9 Å². The summed E-state index contributed by atoms with van der Waals surface area (Å²) in [4.78, 5) is 14.3. The highest BCUT2D eigenvalue weighted by Crippen LogP contribution is 2.38. The van der Waals surface area contributed by atoms with Gasteiger partial charge >= 0.3 is 0 Å². The van der Waals surface area contributed by atoms with Gasteiger partial charge in [0, 0.05) is 20.1 Å². The second kappa shape index (κ2) is 7.43. The smallest absolute Gasteiger partial charge is 0.223 e. The number of halogens is 1. The lowest BCUT2D eigenvalue weighted by molar-refractivity contribution is -0.134. The molecule has 126 valence electrons. The Morgan fingerprint density at radius 1 is 1.13 bits per heavy atom. The topological polar surface area (TPSA) is 29.5 Å². The molecule has 23 heavy (non-hydrogen) atoms. The third-order valence-corrected chi connectivity index (χ3v) is 5.36. The molecule has 0 bridgehead atoms. The zero-order valence-electron chi connectivity index (χ0n) is 13.8. The maximum absolute atomic E-state index is 13.3. The second-order valence-corrected chi connectivity index (χ2v) is 6.79. The number of likely N-dealkylation sites (tertiary alicyclic amines) is 1. The average Bonchev–Trinajstić information content (AvgIpc) is 3.00. The van der Waals surface area contributed by atoms with Gasteiger partial charge in [0.2, 0.25) is 5.91 Å². The zero-order valence-corrected chi connectivity index (χ0v) is 13.8. The highest BCUT2D eigenvalue weighted by Gasteiger charge is 2.38. The quantitative estimate of drug-likeness (QED) is 0.818. The molecule has 3 rings (SSSR count). The minimum absolute atomic E-state index is 0.0113. The average molecular weight is 319 g/mol.